The van der Waals surface area contributed by atoms with E-state index >= 15 is 0 Å². The van der Waals surface area contributed by atoms with Crippen molar-refractivity contribution in [3.8, 4) is 11.5 Å². The molecule has 1 N–H and O–H groups in total. The van der Waals surface area contributed by atoms with Crippen LogP contribution in [0.1, 0.15) is 19.8 Å². The number of nitrogens with one attached hydrogen (secondary N) is 1. The van der Waals surface area contributed by atoms with Gasteiger partial charge in [-0.05, 0) is 44.0 Å². The lowest BCUT2D eigenvalue weighted by atomic mass is 9.97. The molecule has 1 saturated heterocycles. The summed E-state index contributed by atoms with van der Waals surface area (Å²) in [5.41, 5.74) is 0.770. The Bertz CT molecular complexity index is 794. The Kier molecular flexibility index (Phi) is 6.89. The van der Waals surface area contributed by atoms with Crippen molar-refractivity contribution in [2.45, 2.75) is 19.8 Å². The van der Waals surface area contributed by atoms with Gasteiger partial charge < -0.3 is 19.7 Å². The van der Waals surface area contributed by atoms with Gasteiger partial charge >= 0.3 is 0 Å². The van der Waals surface area contributed by atoms with Crippen LogP contribution in [-0.4, -0.2) is 43.0 Å². The molecule has 6 nitrogen and oxygen atoms in total. The lowest BCUT2D eigenvalue weighted by molar-refractivity contribution is -0.136. The number of hydrogen-bond acceptors (Lipinski definition) is 4. The maximum Gasteiger partial charge on any atom is 0.260 e. The second-order valence-electron chi connectivity index (χ2n) is 6.70. The predicted molar refractivity (Wildman–Crippen MR) is 107 cm³/mol. The molecule has 28 heavy (non-hydrogen) atoms. The summed E-state index contributed by atoms with van der Waals surface area (Å²) in [7, 11) is 0. The first kappa shape index (κ1) is 19.7. The van der Waals surface area contributed by atoms with E-state index in [4.69, 9.17) is 9.47 Å². The van der Waals surface area contributed by atoms with Crippen molar-refractivity contribution < 1.29 is 19.1 Å². The number of carbonyl (C=O) groups excluding carboxylic acids is 2. The maximum atomic E-state index is 12.6. The Balaban J connectivity index is 1.53. The molecule has 2 aromatic rings. The van der Waals surface area contributed by atoms with Gasteiger partial charge in [-0.3, -0.25) is 9.59 Å². The zero-order valence-electron chi connectivity index (χ0n) is 16.1. The van der Waals surface area contributed by atoms with Gasteiger partial charge in [0.2, 0.25) is 5.91 Å². The molecule has 2 amide bonds. The third-order valence-corrected chi connectivity index (χ3v) is 4.69. The fraction of sp³-hybridized carbons (Fsp3) is 0.364. The van der Waals surface area contributed by atoms with Crippen molar-refractivity contribution in [3.05, 3.63) is 54.6 Å². The molecule has 0 bridgehead atoms. The first-order valence-electron chi connectivity index (χ1n) is 9.65. The number of carbonyl (C=O) groups is 2. The summed E-state index contributed by atoms with van der Waals surface area (Å²) in [4.78, 5) is 26.8. The standard InChI is InChI=1S/C22H26N2O4/c1-2-27-19-12-6-7-13-20(19)28-16-21(25)24-14-8-9-17(15-24)22(26)23-18-10-4-3-5-11-18/h3-7,10-13,17H,2,8-9,14-16H2,1H3,(H,23,26)/t17-/m1/s1. The highest BCUT2D eigenvalue weighted by atomic mass is 16.5. The highest BCUT2D eigenvalue weighted by molar-refractivity contribution is 5.93. The summed E-state index contributed by atoms with van der Waals surface area (Å²) < 4.78 is 11.2. The smallest absolute Gasteiger partial charge is 0.260 e. The molecule has 1 atom stereocenters. The molecular weight excluding hydrogens is 356 g/mol. The van der Waals surface area contributed by atoms with Gasteiger partial charge in [0.25, 0.3) is 5.91 Å². The summed E-state index contributed by atoms with van der Waals surface area (Å²) in [5.74, 6) is 0.785. The summed E-state index contributed by atoms with van der Waals surface area (Å²) in [6.07, 6.45) is 1.57. The van der Waals surface area contributed by atoms with Crippen molar-refractivity contribution >= 4 is 17.5 Å². The van der Waals surface area contributed by atoms with Gasteiger partial charge in [-0.15, -0.1) is 0 Å². The van der Waals surface area contributed by atoms with Crippen molar-refractivity contribution in [2.24, 2.45) is 5.92 Å². The monoisotopic (exact) mass is 382 g/mol. The van der Waals surface area contributed by atoms with Gasteiger partial charge in [0.15, 0.2) is 18.1 Å². The van der Waals surface area contributed by atoms with E-state index in [-0.39, 0.29) is 24.3 Å². The summed E-state index contributed by atoms with van der Waals surface area (Å²) >= 11 is 0. The number of likely N-dealkylation sites (tertiary alicyclic amines) is 1. The molecule has 1 heterocycles. The van der Waals surface area contributed by atoms with Crippen LogP contribution in [0.25, 0.3) is 0 Å². The van der Waals surface area contributed by atoms with Crippen LogP contribution >= 0.6 is 0 Å². The van der Waals surface area contributed by atoms with Crippen LogP contribution in [0, 0.1) is 5.92 Å². The number of amides is 2. The largest absolute Gasteiger partial charge is 0.490 e. The zero-order chi connectivity index (χ0) is 19.8. The Hall–Kier alpha value is -3.02. The number of nitrogens with zero attached hydrogens (tertiary/aromatic N) is 1. The molecule has 1 fully saturated rings. The van der Waals surface area contributed by atoms with Crippen molar-refractivity contribution in [1.82, 2.24) is 4.90 Å². The van der Waals surface area contributed by atoms with Crippen LogP contribution in [-0.2, 0) is 9.59 Å². The van der Waals surface area contributed by atoms with Crippen molar-refractivity contribution in [3.63, 3.8) is 0 Å². The van der Waals surface area contributed by atoms with E-state index in [0.717, 1.165) is 18.5 Å². The first-order chi connectivity index (χ1) is 13.7. The number of anilines is 1. The zero-order valence-corrected chi connectivity index (χ0v) is 16.1. The van der Waals surface area contributed by atoms with Gasteiger partial charge in [-0.2, -0.15) is 0 Å². The Morgan fingerprint density at radius 1 is 1.04 bits per heavy atom. The van der Waals surface area contributed by atoms with Crippen molar-refractivity contribution in [1.29, 1.82) is 0 Å². The molecule has 2 aromatic carbocycles. The minimum absolute atomic E-state index is 0.0497. The average Bonchev–Trinajstić information content (AvgIpc) is 2.74. The summed E-state index contributed by atoms with van der Waals surface area (Å²) in [5, 5.41) is 2.93. The van der Waals surface area contributed by atoms with Gasteiger partial charge in [-0.25, -0.2) is 0 Å². The van der Waals surface area contributed by atoms with E-state index in [2.05, 4.69) is 5.32 Å². The molecule has 3 rings (SSSR count). The van der Waals surface area contributed by atoms with Gasteiger partial charge in [0.1, 0.15) is 0 Å². The lowest BCUT2D eigenvalue weighted by Gasteiger charge is -2.32. The van der Waals surface area contributed by atoms with Gasteiger partial charge in [-0.1, -0.05) is 30.3 Å². The van der Waals surface area contributed by atoms with E-state index in [0.29, 0.717) is 31.2 Å². The minimum Gasteiger partial charge on any atom is -0.490 e. The number of hydrogen-bond donors (Lipinski definition) is 1. The van der Waals surface area contributed by atoms with E-state index < -0.39 is 0 Å². The molecule has 1 aliphatic rings. The molecule has 148 valence electrons. The second-order valence-corrected chi connectivity index (χ2v) is 6.70. The molecule has 0 saturated carbocycles. The van der Waals surface area contributed by atoms with Crippen LogP contribution in [0.2, 0.25) is 0 Å². The molecule has 1 aliphatic heterocycles. The molecule has 0 radical (unpaired) electrons. The van der Waals surface area contributed by atoms with E-state index in [9.17, 15) is 9.59 Å². The Morgan fingerprint density at radius 2 is 1.71 bits per heavy atom. The van der Waals surface area contributed by atoms with Crippen molar-refractivity contribution in [2.75, 3.05) is 31.6 Å². The Labute approximate surface area is 165 Å². The van der Waals surface area contributed by atoms with Crippen LogP contribution in [0.5, 0.6) is 11.5 Å². The molecule has 6 heteroatoms. The normalized spacial score (nSPS) is 16.3. The molecule has 0 unspecified atom stereocenters. The number of rotatable bonds is 7. The summed E-state index contributed by atoms with van der Waals surface area (Å²) in [6.45, 7) is 3.41. The third-order valence-electron chi connectivity index (χ3n) is 4.69. The highest BCUT2D eigenvalue weighted by Crippen LogP contribution is 2.26. The number of para-hydroxylation sites is 3. The average molecular weight is 382 g/mol. The Morgan fingerprint density at radius 3 is 2.43 bits per heavy atom. The minimum atomic E-state index is -0.214. The van der Waals surface area contributed by atoms with E-state index in [1.54, 1.807) is 11.0 Å². The second kappa shape index (κ2) is 9.78. The van der Waals surface area contributed by atoms with Crippen LogP contribution in [0.4, 0.5) is 5.69 Å². The first-order valence-corrected chi connectivity index (χ1v) is 9.65. The van der Waals surface area contributed by atoms with Crippen LogP contribution < -0.4 is 14.8 Å². The molecular formula is C22H26N2O4. The topological polar surface area (TPSA) is 67.9 Å². The number of piperidine rings is 1. The fourth-order valence-electron chi connectivity index (χ4n) is 3.26. The molecule has 0 aromatic heterocycles. The summed E-state index contributed by atoms with van der Waals surface area (Å²) in [6, 6.07) is 16.7. The highest BCUT2D eigenvalue weighted by Gasteiger charge is 2.28. The number of benzene rings is 2. The lowest BCUT2D eigenvalue weighted by Crippen LogP contribution is -2.45. The van der Waals surface area contributed by atoms with Gasteiger partial charge in [0.05, 0.1) is 12.5 Å². The quantitative estimate of drug-likeness (QED) is 0.798. The van der Waals surface area contributed by atoms with E-state index in [1.807, 2.05) is 55.5 Å². The van der Waals surface area contributed by atoms with Crippen LogP contribution in [0.3, 0.4) is 0 Å². The van der Waals surface area contributed by atoms with Gasteiger partial charge in [0, 0.05) is 18.8 Å². The molecule has 0 aliphatic carbocycles. The maximum absolute atomic E-state index is 12.6. The SMILES string of the molecule is CCOc1ccccc1OCC(=O)N1CCC[C@@H](C(=O)Nc2ccccc2)C1. The fourth-order valence-corrected chi connectivity index (χ4v) is 3.26. The third kappa shape index (κ3) is 5.25. The molecule has 0 spiro atoms. The van der Waals surface area contributed by atoms with E-state index in [1.165, 1.54) is 0 Å². The predicted octanol–water partition coefficient (Wildman–Crippen LogP) is 3.34. The number of ether oxygens (including phenoxy) is 2. The van der Waals surface area contributed by atoms with Crippen LogP contribution in [0.15, 0.2) is 54.6 Å².